The van der Waals surface area contributed by atoms with E-state index in [4.69, 9.17) is 4.74 Å². The average Bonchev–Trinajstić information content (AvgIpc) is 3.32. The molecule has 0 bridgehead atoms. The molecule has 7 nitrogen and oxygen atoms in total. The van der Waals surface area contributed by atoms with Gasteiger partial charge in [0.25, 0.3) is 0 Å². The van der Waals surface area contributed by atoms with Crippen LogP contribution < -0.4 is 10.1 Å². The molecule has 2 aromatic carbocycles. The molecule has 0 saturated carbocycles. The number of aryl methyl sites for hydroxylation is 1. The van der Waals surface area contributed by atoms with E-state index in [2.05, 4.69) is 16.0 Å². The summed E-state index contributed by atoms with van der Waals surface area (Å²) in [5.74, 6) is 0.673. The van der Waals surface area contributed by atoms with Crippen molar-refractivity contribution < 1.29 is 14.3 Å². The Morgan fingerprint density at radius 2 is 1.91 bits per heavy atom. The van der Waals surface area contributed by atoms with E-state index in [-0.39, 0.29) is 24.5 Å². The van der Waals surface area contributed by atoms with Gasteiger partial charge in [-0.1, -0.05) is 31.2 Å². The van der Waals surface area contributed by atoms with Crippen molar-refractivity contribution in [1.82, 2.24) is 14.4 Å². The molecule has 1 N–H and O–H groups in total. The van der Waals surface area contributed by atoms with Gasteiger partial charge >= 0.3 is 6.03 Å². The van der Waals surface area contributed by atoms with Gasteiger partial charge in [-0.25, -0.2) is 4.79 Å². The third-order valence-electron chi connectivity index (χ3n) is 6.14. The zero-order valence-electron chi connectivity index (χ0n) is 20.0. The van der Waals surface area contributed by atoms with Crippen molar-refractivity contribution in [2.75, 3.05) is 32.1 Å². The van der Waals surface area contributed by atoms with E-state index in [1.54, 1.807) is 12.0 Å². The van der Waals surface area contributed by atoms with E-state index < -0.39 is 0 Å². The maximum Gasteiger partial charge on any atom is 0.322 e. The highest BCUT2D eigenvalue weighted by molar-refractivity contribution is 5.92. The number of benzene rings is 2. The number of rotatable bonds is 7. The lowest BCUT2D eigenvalue weighted by atomic mass is 9.99. The molecule has 7 heteroatoms. The molecular formula is C27H32N4O3. The molecule has 0 fully saturated rings. The largest absolute Gasteiger partial charge is 0.497 e. The quantitative estimate of drug-likeness (QED) is 0.557. The van der Waals surface area contributed by atoms with Crippen molar-refractivity contribution in [3.05, 3.63) is 83.7 Å². The summed E-state index contributed by atoms with van der Waals surface area (Å²) >= 11 is 0. The summed E-state index contributed by atoms with van der Waals surface area (Å²) in [6.07, 6.45) is 2.81. The molecule has 3 aromatic rings. The highest BCUT2D eigenvalue weighted by Crippen LogP contribution is 2.34. The molecule has 0 spiro atoms. The summed E-state index contributed by atoms with van der Waals surface area (Å²) < 4.78 is 7.62. The monoisotopic (exact) mass is 460 g/mol. The van der Waals surface area contributed by atoms with Gasteiger partial charge < -0.3 is 24.4 Å². The molecule has 1 aromatic heterocycles. The van der Waals surface area contributed by atoms with Crippen molar-refractivity contribution in [3.63, 3.8) is 0 Å². The first-order valence-corrected chi connectivity index (χ1v) is 11.7. The lowest BCUT2D eigenvalue weighted by molar-refractivity contribution is -0.134. The number of fused-ring (bicyclic) bond motifs is 1. The Morgan fingerprint density at radius 1 is 1.09 bits per heavy atom. The van der Waals surface area contributed by atoms with Gasteiger partial charge in [0.15, 0.2) is 0 Å². The second-order valence-electron chi connectivity index (χ2n) is 8.61. The number of methoxy groups -OCH3 is 1. The van der Waals surface area contributed by atoms with Crippen LogP contribution in [0.1, 0.15) is 36.2 Å². The number of nitrogens with zero attached hydrogens (tertiary/aromatic N) is 3. The van der Waals surface area contributed by atoms with E-state index in [0.29, 0.717) is 13.1 Å². The Kier molecular flexibility index (Phi) is 7.21. The predicted molar refractivity (Wildman–Crippen MR) is 133 cm³/mol. The zero-order valence-corrected chi connectivity index (χ0v) is 20.0. The van der Waals surface area contributed by atoms with Crippen LogP contribution in [0.15, 0.2) is 66.9 Å². The number of urea groups is 1. The van der Waals surface area contributed by atoms with Crippen LogP contribution >= 0.6 is 0 Å². The van der Waals surface area contributed by atoms with Crippen molar-refractivity contribution in [1.29, 1.82) is 0 Å². The first-order valence-electron chi connectivity index (χ1n) is 11.7. The Labute approximate surface area is 200 Å². The van der Waals surface area contributed by atoms with Crippen LogP contribution in [0.4, 0.5) is 10.5 Å². The van der Waals surface area contributed by atoms with Gasteiger partial charge in [-0.3, -0.25) is 4.79 Å². The van der Waals surface area contributed by atoms with E-state index in [0.717, 1.165) is 41.2 Å². The lowest BCUT2D eigenvalue weighted by Crippen LogP contribution is -2.48. The van der Waals surface area contributed by atoms with Gasteiger partial charge in [-0.05, 0) is 60.9 Å². The number of aromatic nitrogens is 1. The molecule has 4 rings (SSSR count). The van der Waals surface area contributed by atoms with Crippen LogP contribution in [-0.4, -0.2) is 53.0 Å². The second kappa shape index (κ2) is 10.5. The number of carbonyl (C=O) groups excluding carboxylic acids is 2. The topological polar surface area (TPSA) is 66.8 Å². The summed E-state index contributed by atoms with van der Waals surface area (Å²) in [6.45, 7) is 5.79. The highest BCUT2D eigenvalue weighted by atomic mass is 16.5. The van der Waals surface area contributed by atoms with E-state index in [1.165, 1.54) is 0 Å². The van der Waals surface area contributed by atoms with Gasteiger partial charge in [-0.15, -0.1) is 0 Å². The van der Waals surface area contributed by atoms with Crippen LogP contribution in [0.3, 0.4) is 0 Å². The van der Waals surface area contributed by atoms with Crippen molar-refractivity contribution in [2.24, 2.45) is 0 Å². The summed E-state index contributed by atoms with van der Waals surface area (Å²) in [7, 11) is 1.64. The molecule has 1 atom stereocenters. The van der Waals surface area contributed by atoms with Crippen LogP contribution in [-0.2, 0) is 11.3 Å². The Bertz CT molecular complexity index is 1160. The molecule has 0 aliphatic carbocycles. The Hall–Kier alpha value is -3.74. The molecular weight excluding hydrogens is 428 g/mol. The molecule has 34 heavy (non-hydrogen) atoms. The molecule has 0 saturated heterocycles. The number of hydrogen-bond acceptors (Lipinski definition) is 3. The maximum absolute atomic E-state index is 13.6. The van der Waals surface area contributed by atoms with Crippen LogP contribution in [0.25, 0.3) is 0 Å². The number of amides is 3. The predicted octanol–water partition coefficient (Wildman–Crippen LogP) is 4.68. The van der Waals surface area contributed by atoms with Crippen molar-refractivity contribution in [3.8, 4) is 5.75 Å². The number of ether oxygens (including phenoxy) is 1. The molecule has 1 aliphatic rings. The Balaban J connectivity index is 1.57. The SMILES string of the molecule is CCCN(CC(=O)N1CCn2cccc2C1c1cccc(OC)c1)C(=O)Nc1cccc(C)c1. The first-order chi connectivity index (χ1) is 16.5. The lowest BCUT2D eigenvalue weighted by Gasteiger charge is -2.38. The minimum absolute atomic E-state index is 0.0205. The molecule has 1 unspecified atom stereocenters. The number of hydrogen-bond donors (Lipinski definition) is 1. The van der Waals surface area contributed by atoms with Crippen molar-refractivity contribution >= 4 is 17.6 Å². The number of nitrogens with one attached hydrogen (secondary N) is 1. The molecule has 178 valence electrons. The Morgan fingerprint density at radius 3 is 2.68 bits per heavy atom. The van der Waals surface area contributed by atoms with Gasteiger partial charge in [0, 0.05) is 37.2 Å². The summed E-state index contributed by atoms with van der Waals surface area (Å²) in [6, 6.07) is 19.0. The van der Waals surface area contributed by atoms with Gasteiger partial charge in [0.1, 0.15) is 12.3 Å². The van der Waals surface area contributed by atoms with E-state index in [9.17, 15) is 9.59 Å². The zero-order chi connectivity index (χ0) is 24.1. The fourth-order valence-electron chi connectivity index (χ4n) is 4.52. The molecule has 2 heterocycles. The van der Waals surface area contributed by atoms with Gasteiger partial charge in [0.05, 0.1) is 13.2 Å². The van der Waals surface area contributed by atoms with Crippen LogP contribution in [0, 0.1) is 6.92 Å². The first kappa shape index (κ1) is 23.4. The normalized spacial score (nSPS) is 14.9. The maximum atomic E-state index is 13.6. The van der Waals surface area contributed by atoms with E-state index >= 15 is 0 Å². The number of carbonyl (C=O) groups is 2. The van der Waals surface area contributed by atoms with Gasteiger partial charge in [-0.2, -0.15) is 0 Å². The second-order valence-corrected chi connectivity index (χ2v) is 8.61. The van der Waals surface area contributed by atoms with Crippen LogP contribution in [0.2, 0.25) is 0 Å². The third kappa shape index (κ3) is 5.09. The fourth-order valence-corrected chi connectivity index (χ4v) is 4.52. The molecule has 1 aliphatic heterocycles. The summed E-state index contributed by atoms with van der Waals surface area (Å²) in [5.41, 5.74) is 3.83. The minimum atomic E-state index is -0.265. The fraction of sp³-hybridized carbons (Fsp3) is 0.333. The molecule has 0 radical (unpaired) electrons. The summed E-state index contributed by atoms with van der Waals surface area (Å²) in [4.78, 5) is 30.2. The average molecular weight is 461 g/mol. The van der Waals surface area contributed by atoms with Crippen molar-refractivity contribution in [2.45, 2.75) is 32.9 Å². The summed E-state index contributed by atoms with van der Waals surface area (Å²) in [5, 5.41) is 2.94. The van der Waals surface area contributed by atoms with Gasteiger partial charge in [0.2, 0.25) is 5.91 Å². The molecule has 3 amide bonds. The smallest absolute Gasteiger partial charge is 0.322 e. The van der Waals surface area contributed by atoms with E-state index in [1.807, 2.05) is 79.5 Å². The highest BCUT2D eigenvalue weighted by Gasteiger charge is 2.33. The number of anilines is 1. The minimum Gasteiger partial charge on any atom is -0.497 e. The standard InChI is InChI=1S/C27H32N4O3/c1-4-13-30(27(33)28-22-10-5-8-20(2)17-22)19-25(32)31-16-15-29-14-7-12-24(29)26(31)21-9-6-11-23(18-21)34-3/h5-12,14,17-18,26H,4,13,15-16,19H2,1-3H3,(H,28,33). The van der Waals surface area contributed by atoms with Crippen LogP contribution in [0.5, 0.6) is 5.75 Å². The third-order valence-corrected chi connectivity index (χ3v) is 6.14.